The van der Waals surface area contributed by atoms with E-state index < -0.39 is 190 Å². The van der Waals surface area contributed by atoms with Gasteiger partial charge in [0.2, 0.25) is 47.3 Å². The predicted molar refractivity (Wildman–Crippen MR) is 215 cm³/mol. The van der Waals surface area contributed by atoms with Gasteiger partial charge in [-0.2, -0.15) is 0 Å². The van der Waals surface area contributed by atoms with Gasteiger partial charge in [-0.05, 0) is 44.4 Å². The third-order valence-electron chi connectivity index (χ3n) is 9.80. The number of nitrogens with zero attached hydrogens (tertiary/aromatic N) is 1. The number of nitrogens with two attached hydrogens (primary N) is 2. The molecule has 1 aliphatic heterocycles. The van der Waals surface area contributed by atoms with E-state index in [-0.39, 0.29) is 25.3 Å². The van der Waals surface area contributed by atoms with Gasteiger partial charge in [-0.25, -0.2) is 4.79 Å². The highest BCUT2D eigenvalue weighted by atomic mass is 16.4. The second-order valence-electron chi connectivity index (χ2n) is 15.2. The van der Waals surface area contributed by atoms with Crippen molar-refractivity contribution < 1.29 is 93.0 Å². The van der Waals surface area contributed by atoms with E-state index in [1.165, 1.54) is 0 Å². The van der Waals surface area contributed by atoms with Gasteiger partial charge in [0.25, 0.3) is 0 Å². The van der Waals surface area contributed by atoms with Gasteiger partial charge in [-0.15, -0.1) is 0 Å². The monoisotopic (exact) mass is 931 g/mol. The number of hydrogen-bond donors (Lipinski definition) is 14. The van der Waals surface area contributed by atoms with Gasteiger partial charge in [-0.3, -0.25) is 57.5 Å². The second kappa shape index (κ2) is 27.3. The minimum Gasteiger partial charge on any atom is -0.481 e. The third kappa shape index (κ3) is 20.0. The molecule has 0 aromatic heterocycles. The molecule has 8 atom stereocenters. The van der Waals surface area contributed by atoms with E-state index in [0.29, 0.717) is 0 Å². The standard InChI is InChI=1S/C37H57N9O19/c1-16(2)29(39)35(62)44-21(14-24(38)48)36(63)46-13-3-4-23(46)34(61)42-19(7-11-27(53)54)32(59)45-22(15-47)33(60)41-17(5-9-25(49)50)30(57)40-18(6-10-26(51)52)31(58)43-20(37(64)65)8-12-28(55)56/h16-23,29,47H,3-15,39H2,1-2H3,(H2,38,48)(H,40,57)(H,41,60)(H,42,61)(H,43,58)(H,44,62)(H,45,59)(H,49,50)(H,51,52)(H,53,54)(H,55,56)(H,64,65)/t17-,18-,19-,20-,21-,22-,23-,29-/m0/s1. The molecule has 28 nitrogen and oxygen atoms in total. The van der Waals surface area contributed by atoms with Crippen LogP contribution >= 0.6 is 0 Å². The maximum Gasteiger partial charge on any atom is 0.326 e. The first-order chi connectivity index (χ1) is 30.3. The average Bonchev–Trinajstić information content (AvgIpc) is 3.71. The normalized spacial score (nSPS) is 16.5. The van der Waals surface area contributed by atoms with Crippen molar-refractivity contribution in [3.05, 3.63) is 0 Å². The lowest BCUT2D eigenvalue weighted by atomic mass is 10.0. The Morgan fingerprint density at radius 2 is 0.923 bits per heavy atom. The number of nitrogens with one attached hydrogen (secondary N) is 6. The number of hydrogen-bond acceptors (Lipinski definition) is 15. The third-order valence-corrected chi connectivity index (χ3v) is 9.80. The fraction of sp³-hybridized carbons (Fsp3) is 0.649. The number of carbonyl (C=O) groups excluding carboxylic acids is 8. The summed E-state index contributed by atoms with van der Waals surface area (Å²) in [6, 6.07) is -13.3. The van der Waals surface area contributed by atoms with E-state index in [4.69, 9.17) is 16.6 Å². The number of amides is 8. The SMILES string of the molecule is CC(C)[C@H](N)C(=O)N[C@@H](CC(N)=O)C(=O)N1CCC[C@H]1C(=O)N[C@@H](CCC(=O)O)C(=O)N[C@@H](CO)C(=O)N[C@@H](CCC(=O)O)C(=O)N[C@@H](CCC(=O)O)C(=O)N[C@@H](CCC(=O)O)C(=O)O. The fourth-order valence-corrected chi connectivity index (χ4v) is 6.16. The molecule has 0 aromatic rings. The Kier molecular flexibility index (Phi) is 23.5. The number of carboxylic acid groups (broad SMARTS) is 5. The molecular weight excluding hydrogens is 874 g/mol. The number of aliphatic hydroxyl groups excluding tert-OH is 1. The van der Waals surface area contributed by atoms with Crippen LogP contribution in [0.1, 0.15) is 84.5 Å². The molecule has 28 heteroatoms. The number of primary amides is 1. The van der Waals surface area contributed by atoms with E-state index in [0.717, 1.165) is 4.90 Å². The molecule has 1 rings (SSSR count). The van der Waals surface area contributed by atoms with E-state index in [9.17, 15) is 87.9 Å². The van der Waals surface area contributed by atoms with E-state index >= 15 is 0 Å². The van der Waals surface area contributed by atoms with Gasteiger partial charge in [0, 0.05) is 32.2 Å². The van der Waals surface area contributed by atoms with Crippen LogP contribution in [0.25, 0.3) is 0 Å². The molecule has 0 unspecified atom stereocenters. The molecule has 0 bridgehead atoms. The van der Waals surface area contributed by atoms with Crippen molar-refractivity contribution in [1.82, 2.24) is 36.8 Å². The van der Waals surface area contributed by atoms with Gasteiger partial charge in [-0.1, -0.05) is 13.8 Å². The van der Waals surface area contributed by atoms with Crippen LogP contribution in [0.3, 0.4) is 0 Å². The molecule has 0 saturated carbocycles. The van der Waals surface area contributed by atoms with Crippen LogP contribution in [-0.2, 0) is 62.3 Å². The summed E-state index contributed by atoms with van der Waals surface area (Å²) in [5, 5.41) is 69.1. The lowest BCUT2D eigenvalue weighted by molar-refractivity contribution is -0.144. The van der Waals surface area contributed by atoms with Crippen molar-refractivity contribution in [2.24, 2.45) is 17.4 Å². The Balaban J connectivity index is 3.33. The molecule has 0 aromatic carbocycles. The molecule has 16 N–H and O–H groups in total. The van der Waals surface area contributed by atoms with E-state index in [1.54, 1.807) is 13.8 Å². The Hall–Kier alpha value is -6.97. The lowest BCUT2D eigenvalue weighted by Crippen LogP contribution is -2.60. The van der Waals surface area contributed by atoms with Gasteiger partial charge >= 0.3 is 29.8 Å². The first-order valence-corrected chi connectivity index (χ1v) is 20.2. The van der Waals surface area contributed by atoms with Crippen LogP contribution in [0.2, 0.25) is 0 Å². The summed E-state index contributed by atoms with van der Waals surface area (Å²) < 4.78 is 0. The molecule has 1 saturated heterocycles. The zero-order chi connectivity index (χ0) is 49.7. The second-order valence-corrected chi connectivity index (χ2v) is 15.2. The quantitative estimate of drug-likeness (QED) is 0.0319. The van der Waals surface area contributed by atoms with Crippen molar-refractivity contribution in [1.29, 1.82) is 0 Å². The van der Waals surface area contributed by atoms with Crippen LogP contribution in [0, 0.1) is 5.92 Å². The minimum absolute atomic E-state index is 0.00125. The summed E-state index contributed by atoms with van der Waals surface area (Å²) in [5.74, 6) is -16.8. The van der Waals surface area contributed by atoms with Crippen LogP contribution in [0.4, 0.5) is 0 Å². The molecule has 0 aliphatic carbocycles. The molecule has 1 fully saturated rings. The highest BCUT2D eigenvalue weighted by Gasteiger charge is 2.40. The van der Waals surface area contributed by atoms with Crippen LogP contribution < -0.4 is 43.4 Å². The number of likely N-dealkylation sites (tertiary alicyclic amines) is 1. The molecule has 8 amide bonds. The van der Waals surface area contributed by atoms with Gasteiger partial charge in [0.15, 0.2) is 0 Å². The van der Waals surface area contributed by atoms with Gasteiger partial charge in [0.05, 0.1) is 19.1 Å². The average molecular weight is 932 g/mol. The highest BCUT2D eigenvalue weighted by molar-refractivity contribution is 5.99. The summed E-state index contributed by atoms with van der Waals surface area (Å²) in [6.07, 6.45) is -6.14. The van der Waals surface area contributed by atoms with Crippen LogP contribution in [0.5, 0.6) is 0 Å². The topological polar surface area (TPSA) is 471 Å². The molecule has 0 radical (unpaired) electrons. The number of aliphatic carboxylic acids is 5. The molecule has 1 aliphatic rings. The molecule has 364 valence electrons. The Morgan fingerprint density at radius 1 is 0.554 bits per heavy atom. The number of carbonyl (C=O) groups is 13. The number of aliphatic hydroxyl groups is 1. The maximum absolute atomic E-state index is 13.6. The summed E-state index contributed by atoms with van der Waals surface area (Å²) >= 11 is 0. The van der Waals surface area contributed by atoms with Crippen molar-refractivity contribution >= 4 is 77.1 Å². The number of carboxylic acids is 5. The summed E-state index contributed by atoms with van der Waals surface area (Å²) in [7, 11) is 0. The minimum atomic E-state index is -2.00. The van der Waals surface area contributed by atoms with Gasteiger partial charge < -0.3 is 78.9 Å². The zero-order valence-corrected chi connectivity index (χ0v) is 35.5. The van der Waals surface area contributed by atoms with Crippen molar-refractivity contribution in [2.75, 3.05) is 13.2 Å². The molecule has 65 heavy (non-hydrogen) atoms. The molecular formula is C37H57N9O19. The highest BCUT2D eigenvalue weighted by Crippen LogP contribution is 2.20. The number of rotatable bonds is 30. The Bertz CT molecular complexity index is 1810. The van der Waals surface area contributed by atoms with Gasteiger partial charge in [0.1, 0.15) is 42.3 Å². The van der Waals surface area contributed by atoms with Crippen molar-refractivity contribution in [3.8, 4) is 0 Å². The first kappa shape index (κ1) is 56.0. The first-order valence-electron chi connectivity index (χ1n) is 20.2. The Morgan fingerprint density at radius 3 is 1.31 bits per heavy atom. The fourth-order valence-electron chi connectivity index (χ4n) is 6.16. The summed E-state index contributed by atoms with van der Waals surface area (Å²) in [4.78, 5) is 163. The smallest absolute Gasteiger partial charge is 0.326 e. The molecule has 0 spiro atoms. The van der Waals surface area contributed by atoms with E-state index in [1.807, 2.05) is 5.32 Å². The van der Waals surface area contributed by atoms with Crippen molar-refractivity contribution in [2.45, 2.75) is 133 Å². The van der Waals surface area contributed by atoms with E-state index in [2.05, 4.69) is 26.6 Å². The zero-order valence-electron chi connectivity index (χ0n) is 35.5. The summed E-state index contributed by atoms with van der Waals surface area (Å²) in [5.41, 5.74) is 11.2. The lowest BCUT2D eigenvalue weighted by Gasteiger charge is -2.30. The maximum atomic E-state index is 13.6. The van der Waals surface area contributed by atoms with Crippen molar-refractivity contribution in [3.63, 3.8) is 0 Å². The van der Waals surface area contributed by atoms with Crippen LogP contribution in [-0.4, -0.2) is 174 Å². The Labute approximate surface area is 369 Å². The predicted octanol–water partition coefficient (Wildman–Crippen LogP) is -5.72. The summed E-state index contributed by atoms with van der Waals surface area (Å²) in [6.45, 7) is 1.98. The largest absolute Gasteiger partial charge is 0.481 e. The van der Waals surface area contributed by atoms with Crippen LogP contribution in [0.15, 0.2) is 0 Å². The molecule has 1 heterocycles.